The quantitative estimate of drug-likeness (QED) is 0.908. The molecular weight excluding hydrogens is 256 g/mol. The number of hydrogen-bond donors (Lipinski definition) is 1. The molecule has 1 saturated carbocycles. The van der Waals surface area contributed by atoms with Crippen LogP contribution in [0.15, 0.2) is 22.6 Å². The van der Waals surface area contributed by atoms with Gasteiger partial charge in [0.1, 0.15) is 5.52 Å². The molecule has 5 nitrogen and oxygen atoms in total. The molecule has 104 valence electrons. The number of benzene rings is 1. The van der Waals surface area contributed by atoms with E-state index in [9.17, 15) is 4.79 Å². The predicted molar refractivity (Wildman–Crippen MR) is 72.5 cm³/mol. The molecule has 5 heteroatoms. The molecule has 1 aliphatic heterocycles. The van der Waals surface area contributed by atoms with Gasteiger partial charge in [0.25, 0.3) is 5.91 Å². The number of oxazole rings is 1. The van der Waals surface area contributed by atoms with Gasteiger partial charge in [-0.05, 0) is 31.0 Å². The summed E-state index contributed by atoms with van der Waals surface area (Å²) < 4.78 is 11.0. The number of rotatable bonds is 2. The van der Waals surface area contributed by atoms with E-state index in [-0.39, 0.29) is 11.9 Å². The third-order valence-electron chi connectivity index (χ3n) is 4.34. The molecule has 0 bridgehead atoms. The highest BCUT2D eigenvalue weighted by molar-refractivity contribution is 5.97. The predicted octanol–water partition coefficient (Wildman–Crippen LogP) is 2.04. The highest BCUT2D eigenvalue weighted by Crippen LogP contribution is 2.38. The van der Waals surface area contributed by atoms with Crippen LogP contribution in [0.25, 0.3) is 11.1 Å². The zero-order valence-corrected chi connectivity index (χ0v) is 11.3. The monoisotopic (exact) mass is 272 g/mol. The second-order valence-electron chi connectivity index (χ2n) is 5.59. The maximum absolute atomic E-state index is 12.3. The molecule has 1 aliphatic carbocycles. The molecular formula is C15H16N2O3. The fourth-order valence-corrected chi connectivity index (χ4v) is 3.20. The molecule has 2 aliphatic rings. The summed E-state index contributed by atoms with van der Waals surface area (Å²) in [6.45, 7) is 2.62. The fourth-order valence-electron chi connectivity index (χ4n) is 3.20. The lowest BCUT2D eigenvalue weighted by Crippen LogP contribution is -2.53. The first-order chi connectivity index (χ1) is 9.70. The van der Waals surface area contributed by atoms with E-state index in [0.29, 0.717) is 29.1 Å². The minimum Gasteiger partial charge on any atom is -0.441 e. The highest BCUT2D eigenvalue weighted by atomic mass is 16.5. The van der Waals surface area contributed by atoms with Gasteiger partial charge in [-0.3, -0.25) is 4.79 Å². The van der Waals surface area contributed by atoms with Gasteiger partial charge in [0.15, 0.2) is 11.5 Å². The number of aryl methyl sites for hydroxylation is 1. The molecule has 2 heterocycles. The van der Waals surface area contributed by atoms with Gasteiger partial charge >= 0.3 is 0 Å². The van der Waals surface area contributed by atoms with Crippen LogP contribution in [-0.2, 0) is 4.74 Å². The Bertz CT molecular complexity index is 679. The van der Waals surface area contributed by atoms with E-state index < -0.39 is 0 Å². The SMILES string of the molecule is Cc1nc2ccc(C(=O)N[C@@H]3C[C@H]4OCC[C@@H]34)cc2o1. The van der Waals surface area contributed by atoms with Crippen molar-refractivity contribution >= 4 is 17.0 Å². The number of aromatic nitrogens is 1. The summed E-state index contributed by atoms with van der Waals surface area (Å²) in [6, 6.07) is 5.62. The largest absolute Gasteiger partial charge is 0.441 e. The number of hydrogen-bond acceptors (Lipinski definition) is 4. The maximum atomic E-state index is 12.3. The van der Waals surface area contributed by atoms with Crippen molar-refractivity contribution in [2.45, 2.75) is 31.9 Å². The molecule has 0 unspecified atom stereocenters. The summed E-state index contributed by atoms with van der Waals surface area (Å²) in [5, 5.41) is 3.09. The van der Waals surface area contributed by atoms with E-state index in [1.54, 1.807) is 19.1 Å². The van der Waals surface area contributed by atoms with Crippen LogP contribution in [0.4, 0.5) is 0 Å². The summed E-state index contributed by atoms with van der Waals surface area (Å²) >= 11 is 0. The molecule has 2 aromatic rings. The standard InChI is InChI=1S/C15H16N2O3/c1-8-16-11-3-2-9(6-14(11)20-8)15(18)17-12-7-13-10(12)4-5-19-13/h2-3,6,10,12-13H,4-5,7H2,1H3,(H,17,18)/t10-,12+,13+/m0/s1. The Hall–Kier alpha value is -1.88. The molecule has 4 rings (SSSR count). The minimum atomic E-state index is -0.0451. The van der Waals surface area contributed by atoms with Gasteiger partial charge < -0.3 is 14.5 Å². The molecule has 20 heavy (non-hydrogen) atoms. The zero-order chi connectivity index (χ0) is 13.7. The average Bonchev–Trinajstić information content (AvgIpc) is 2.96. The Labute approximate surface area is 116 Å². The number of nitrogens with one attached hydrogen (secondary N) is 1. The van der Waals surface area contributed by atoms with Crippen molar-refractivity contribution in [1.29, 1.82) is 0 Å². The van der Waals surface area contributed by atoms with Crippen LogP contribution in [0.2, 0.25) is 0 Å². The van der Waals surface area contributed by atoms with Gasteiger partial charge in [-0.15, -0.1) is 0 Å². The van der Waals surface area contributed by atoms with Gasteiger partial charge in [-0.2, -0.15) is 0 Å². The molecule has 1 amide bonds. The van der Waals surface area contributed by atoms with Crippen molar-refractivity contribution in [2.75, 3.05) is 6.61 Å². The van der Waals surface area contributed by atoms with E-state index in [1.807, 2.05) is 6.07 Å². The topological polar surface area (TPSA) is 64.4 Å². The van der Waals surface area contributed by atoms with Gasteiger partial charge in [-0.1, -0.05) is 0 Å². The Morgan fingerprint density at radius 2 is 2.35 bits per heavy atom. The van der Waals surface area contributed by atoms with Crippen LogP contribution in [0.5, 0.6) is 0 Å². The summed E-state index contributed by atoms with van der Waals surface area (Å²) in [4.78, 5) is 16.5. The third kappa shape index (κ3) is 1.81. The number of amides is 1. The number of nitrogens with zero attached hydrogens (tertiary/aromatic N) is 1. The summed E-state index contributed by atoms with van der Waals surface area (Å²) in [7, 11) is 0. The van der Waals surface area contributed by atoms with Crippen LogP contribution in [0.1, 0.15) is 29.1 Å². The van der Waals surface area contributed by atoms with E-state index in [1.165, 1.54) is 0 Å². The Morgan fingerprint density at radius 1 is 1.45 bits per heavy atom. The Morgan fingerprint density at radius 3 is 3.20 bits per heavy atom. The molecule has 1 N–H and O–H groups in total. The number of ether oxygens (including phenoxy) is 1. The van der Waals surface area contributed by atoms with E-state index in [0.717, 1.165) is 25.0 Å². The first-order valence-electron chi connectivity index (χ1n) is 7.00. The van der Waals surface area contributed by atoms with Gasteiger partial charge in [0.05, 0.1) is 6.10 Å². The summed E-state index contributed by atoms with van der Waals surface area (Å²) in [6.07, 6.45) is 2.34. The van der Waals surface area contributed by atoms with Crippen LogP contribution in [0.3, 0.4) is 0 Å². The molecule has 1 aromatic heterocycles. The average molecular weight is 272 g/mol. The maximum Gasteiger partial charge on any atom is 0.251 e. The molecule has 2 fully saturated rings. The van der Waals surface area contributed by atoms with Crippen LogP contribution < -0.4 is 5.32 Å². The molecule has 1 aromatic carbocycles. The smallest absolute Gasteiger partial charge is 0.251 e. The molecule has 0 spiro atoms. The van der Waals surface area contributed by atoms with Crippen LogP contribution >= 0.6 is 0 Å². The van der Waals surface area contributed by atoms with Crippen molar-refractivity contribution in [2.24, 2.45) is 5.92 Å². The molecule has 0 radical (unpaired) electrons. The Balaban J connectivity index is 1.51. The van der Waals surface area contributed by atoms with Crippen molar-refractivity contribution in [3.05, 3.63) is 29.7 Å². The molecule has 3 atom stereocenters. The summed E-state index contributed by atoms with van der Waals surface area (Å²) in [5.74, 6) is 1.06. The van der Waals surface area contributed by atoms with E-state index >= 15 is 0 Å². The lowest BCUT2D eigenvalue weighted by molar-refractivity contribution is 0.00810. The van der Waals surface area contributed by atoms with Gasteiger partial charge in [-0.25, -0.2) is 4.98 Å². The minimum absolute atomic E-state index is 0.0451. The fraction of sp³-hybridized carbons (Fsp3) is 0.467. The van der Waals surface area contributed by atoms with Gasteiger partial charge in [0, 0.05) is 31.1 Å². The first-order valence-corrected chi connectivity index (χ1v) is 7.00. The van der Waals surface area contributed by atoms with Gasteiger partial charge in [0.2, 0.25) is 0 Å². The first kappa shape index (κ1) is 11.9. The lowest BCUT2D eigenvalue weighted by Gasteiger charge is -2.39. The van der Waals surface area contributed by atoms with Crippen molar-refractivity contribution in [3.63, 3.8) is 0 Å². The highest BCUT2D eigenvalue weighted by Gasteiger charge is 2.45. The Kier molecular flexibility index (Phi) is 2.57. The zero-order valence-electron chi connectivity index (χ0n) is 11.3. The van der Waals surface area contributed by atoms with Crippen molar-refractivity contribution in [1.82, 2.24) is 10.3 Å². The number of carbonyl (C=O) groups excluding carboxylic acids is 1. The third-order valence-corrected chi connectivity index (χ3v) is 4.34. The van der Waals surface area contributed by atoms with Crippen LogP contribution in [0, 0.1) is 12.8 Å². The van der Waals surface area contributed by atoms with Crippen molar-refractivity contribution < 1.29 is 13.9 Å². The summed E-state index contributed by atoms with van der Waals surface area (Å²) in [5.41, 5.74) is 2.06. The van der Waals surface area contributed by atoms with Crippen LogP contribution in [-0.4, -0.2) is 29.6 Å². The van der Waals surface area contributed by atoms with Crippen molar-refractivity contribution in [3.8, 4) is 0 Å². The van der Waals surface area contributed by atoms with E-state index in [2.05, 4.69) is 10.3 Å². The normalized spacial score (nSPS) is 28.1. The number of carbonyl (C=O) groups is 1. The molecule has 1 saturated heterocycles. The number of fused-ring (bicyclic) bond motifs is 2. The lowest BCUT2D eigenvalue weighted by atomic mass is 9.76. The van der Waals surface area contributed by atoms with E-state index in [4.69, 9.17) is 9.15 Å². The second-order valence-corrected chi connectivity index (χ2v) is 5.59. The second kappa shape index (κ2) is 4.31.